The number of sulfonamides is 1. The second kappa shape index (κ2) is 8.10. The summed E-state index contributed by atoms with van der Waals surface area (Å²) in [4.78, 5) is 14.5. The number of benzene rings is 2. The second-order valence-corrected chi connectivity index (χ2v) is 8.38. The molecule has 1 aliphatic heterocycles. The molecule has 26 heavy (non-hydrogen) atoms. The molecule has 138 valence electrons. The lowest BCUT2D eigenvalue weighted by Crippen LogP contribution is -2.32. The molecule has 0 atom stereocenters. The van der Waals surface area contributed by atoms with Crippen LogP contribution in [-0.2, 0) is 10.0 Å². The van der Waals surface area contributed by atoms with Crippen LogP contribution in [0.1, 0.15) is 36.0 Å². The molecular weight excluding hydrogens is 372 g/mol. The first-order chi connectivity index (χ1) is 12.5. The van der Waals surface area contributed by atoms with Gasteiger partial charge in [0.2, 0.25) is 0 Å². The number of amides is 1. The van der Waals surface area contributed by atoms with Crippen LogP contribution in [0.25, 0.3) is 0 Å². The topological polar surface area (TPSA) is 66.5 Å². The Labute approximate surface area is 159 Å². The van der Waals surface area contributed by atoms with Crippen LogP contribution in [0.3, 0.4) is 0 Å². The van der Waals surface area contributed by atoms with Crippen molar-refractivity contribution in [1.82, 2.24) is 4.90 Å². The van der Waals surface area contributed by atoms with Gasteiger partial charge in [0.25, 0.3) is 15.9 Å². The van der Waals surface area contributed by atoms with Crippen LogP contribution in [0.4, 0.5) is 5.69 Å². The van der Waals surface area contributed by atoms with E-state index in [0.717, 1.165) is 25.7 Å². The summed E-state index contributed by atoms with van der Waals surface area (Å²) < 4.78 is 27.9. The number of anilines is 1. The van der Waals surface area contributed by atoms with Crippen LogP contribution in [0.2, 0.25) is 5.02 Å². The molecule has 0 radical (unpaired) electrons. The first-order valence-corrected chi connectivity index (χ1v) is 10.5. The molecule has 1 N–H and O–H groups in total. The number of hydrogen-bond donors (Lipinski definition) is 1. The molecule has 0 aromatic heterocycles. The standard InChI is InChI=1S/C19H21ClN2O3S/c20-17-11-10-15(19(23)22-12-6-1-2-7-13-22)14-18(17)26(24,25)21-16-8-4-3-5-9-16/h3-5,8-11,14,21H,1-2,6-7,12-13H2. The number of para-hydroxylation sites is 1. The maximum Gasteiger partial charge on any atom is 0.263 e. The fourth-order valence-corrected chi connectivity index (χ4v) is 4.60. The fraction of sp³-hybridized carbons (Fsp3) is 0.316. The summed E-state index contributed by atoms with van der Waals surface area (Å²) in [5.41, 5.74) is 0.776. The van der Waals surface area contributed by atoms with E-state index in [1.54, 1.807) is 41.3 Å². The second-order valence-electron chi connectivity index (χ2n) is 6.32. The number of carbonyl (C=O) groups excluding carboxylic acids is 1. The molecule has 1 fully saturated rings. The van der Waals surface area contributed by atoms with Gasteiger partial charge in [-0.2, -0.15) is 0 Å². The fourth-order valence-electron chi connectivity index (χ4n) is 3.02. The zero-order valence-electron chi connectivity index (χ0n) is 14.3. The lowest BCUT2D eigenvalue weighted by Gasteiger charge is -2.21. The zero-order chi connectivity index (χ0) is 18.6. The first-order valence-electron chi connectivity index (χ1n) is 8.64. The number of hydrogen-bond acceptors (Lipinski definition) is 3. The monoisotopic (exact) mass is 392 g/mol. The smallest absolute Gasteiger partial charge is 0.263 e. The average Bonchev–Trinajstić information content (AvgIpc) is 2.91. The Balaban J connectivity index is 1.88. The lowest BCUT2D eigenvalue weighted by atomic mass is 10.2. The van der Waals surface area contributed by atoms with E-state index in [2.05, 4.69) is 4.72 Å². The third kappa shape index (κ3) is 4.37. The van der Waals surface area contributed by atoms with Crippen molar-refractivity contribution >= 4 is 33.2 Å². The summed E-state index contributed by atoms with van der Waals surface area (Å²) in [5, 5.41) is 0.0841. The zero-order valence-corrected chi connectivity index (χ0v) is 15.9. The molecule has 2 aromatic rings. The molecular formula is C19H21ClN2O3S. The van der Waals surface area contributed by atoms with Gasteiger partial charge in [0, 0.05) is 24.3 Å². The van der Waals surface area contributed by atoms with Crippen molar-refractivity contribution in [2.45, 2.75) is 30.6 Å². The van der Waals surface area contributed by atoms with E-state index in [0.29, 0.717) is 24.3 Å². The van der Waals surface area contributed by atoms with Gasteiger partial charge in [-0.15, -0.1) is 0 Å². The van der Waals surface area contributed by atoms with E-state index in [1.807, 2.05) is 0 Å². The summed E-state index contributed by atoms with van der Waals surface area (Å²) in [5.74, 6) is -0.153. The number of rotatable bonds is 4. The molecule has 0 spiro atoms. The summed E-state index contributed by atoms with van der Waals surface area (Å²) in [6.07, 6.45) is 4.18. The minimum absolute atomic E-state index is 0.0841. The van der Waals surface area contributed by atoms with Gasteiger partial charge in [-0.05, 0) is 43.2 Å². The Hall–Kier alpha value is -2.05. The molecule has 5 nitrogen and oxygen atoms in total. The molecule has 1 saturated heterocycles. The number of likely N-dealkylation sites (tertiary alicyclic amines) is 1. The van der Waals surface area contributed by atoms with Crippen molar-refractivity contribution in [2.75, 3.05) is 17.8 Å². The van der Waals surface area contributed by atoms with Gasteiger partial charge in [0.15, 0.2) is 0 Å². The van der Waals surface area contributed by atoms with Gasteiger partial charge in [-0.1, -0.05) is 42.6 Å². The predicted octanol–water partition coefficient (Wildman–Crippen LogP) is 4.16. The van der Waals surface area contributed by atoms with Gasteiger partial charge >= 0.3 is 0 Å². The minimum Gasteiger partial charge on any atom is -0.339 e. The molecule has 0 aliphatic carbocycles. The Morgan fingerprint density at radius 2 is 1.62 bits per heavy atom. The molecule has 1 aliphatic rings. The molecule has 1 heterocycles. The van der Waals surface area contributed by atoms with Crippen LogP contribution in [-0.4, -0.2) is 32.3 Å². The lowest BCUT2D eigenvalue weighted by molar-refractivity contribution is 0.0761. The number of nitrogens with zero attached hydrogens (tertiary/aromatic N) is 1. The molecule has 1 amide bonds. The number of carbonyl (C=O) groups is 1. The van der Waals surface area contributed by atoms with Gasteiger partial charge in [0.1, 0.15) is 4.90 Å². The highest BCUT2D eigenvalue weighted by Crippen LogP contribution is 2.26. The molecule has 7 heteroatoms. The van der Waals surface area contributed by atoms with E-state index < -0.39 is 10.0 Å². The number of halogens is 1. The summed E-state index contributed by atoms with van der Waals surface area (Å²) in [6, 6.07) is 13.0. The minimum atomic E-state index is -3.89. The summed E-state index contributed by atoms with van der Waals surface area (Å²) in [7, 11) is -3.89. The molecule has 0 saturated carbocycles. The highest BCUT2D eigenvalue weighted by atomic mass is 35.5. The van der Waals surface area contributed by atoms with Crippen LogP contribution in [0.15, 0.2) is 53.4 Å². The summed E-state index contributed by atoms with van der Waals surface area (Å²) >= 11 is 6.12. The van der Waals surface area contributed by atoms with E-state index in [-0.39, 0.29) is 15.8 Å². The van der Waals surface area contributed by atoms with E-state index >= 15 is 0 Å². The van der Waals surface area contributed by atoms with Crippen molar-refractivity contribution in [3.63, 3.8) is 0 Å². The van der Waals surface area contributed by atoms with Crippen LogP contribution < -0.4 is 4.72 Å². The summed E-state index contributed by atoms with van der Waals surface area (Å²) in [6.45, 7) is 1.40. The van der Waals surface area contributed by atoms with Crippen molar-refractivity contribution in [3.8, 4) is 0 Å². The Morgan fingerprint density at radius 3 is 2.27 bits per heavy atom. The third-order valence-corrected chi connectivity index (χ3v) is 6.25. The van der Waals surface area contributed by atoms with E-state index in [1.165, 1.54) is 12.1 Å². The quantitative estimate of drug-likeness (QED) is 0.849. The largest absolute Gasteiger partial charge is 0.339 e. The predicted molar refractivity (Wildman–Crippen MR) is 103 cm³/mol. The van der Waals surface area contributed by atoms with Crippen LogP contribution in [0.5, 0.6) is 0 Å². The normalized spacial score (nSPS) is 15.3. The van der Waals surface area contributed by atoms with Gasteiger partial charge in [-0.25, -0.2) is 8.42 Å². The SMILES string of the molecule is O=C(c1ccc(Cl)c(S(=O)(=O)Nc2ccccc2)c1)N1CCCCCC1. The van der Waals surface area contributed by atoms with Crippen LogP contribution >= 0.6 is 11.6 Å². The van der Waals surface area contributed by atoms with Gasteiger partial charge in [-0.3, -0.25) is 9.52 Å². The highest BCUT2D eigenvalue weighted by Gasteiger charge is 2.23. The van der Waals surface area contributed by atoms with Crippen LogP contribution in [0, 0.1) is 0 Å². The molecule has 0 unspecified atom stereocenters. The Kier molecular flexibility index (Phi) is 5.84. The molecule has 2 aromatic carbocycles. The van der Waals surface area contributed by atoms with Crippen molar-refractivity contribution in [3.05, 3.63) is 59.1 Å². The first kappa shape index (κ1) is 18.7. The van der Waals surface area contributed by atoms with Gasteiger partial charge in [0.05, 0.1) is 5.02 Å². The maximum absolute atomic E-state index is 12.8. The number of nitrogens with one attached hydrogen (secondary N) is 1. The van der Waals surface area contributed by atoms with Crippen molar-refractivity contribution < 1.29 is 13.2 Å². The van der Waals surface area contributed by atoms with E-state index in [4.69, 9.17) is 11.6 Å². The maximum atomic E-state index is 12.8. The van der Waals surface area contributed by atoms with Gasteiger partial charge < -0.3 is 4.90 Å². The third-order valence-electron chi connectivity index (χ3n) is 4.39. The Morgan fingerprint density at radius 1 is 0.962 bits per heavy atom. The average molecular weight is 393 g/mol. The van der Waals surface area contributed by atoms with E-state index in [9.17, 15) is 13.2 Å². The molecule has 0 bridgehead atoms. The van der Waals surface area contributed by atoms with Crippen molar-refractivity contribution in [1.29, 1.82) is 0 Å². The highest BCUT2D eigenvalue weighted by molar-refractivity contribution is 7.92. The molecule has 3 rings (SSSR count). The Bertz CT molecular complexity index is 877. The van der Waals surface area contributed by atoms with Crippen molar-refractivity contribution in [2.24, 2.45) is 0 Å².